The molecule has 0 aromatic heterocycles. The first-order valence-electron chi connectivity index (χ1n) is 12.8. The molecule has 198 valence electrons. The third-order valence-electron chi connectivity index (χ3n) is 6.86. The van der Waals surface area contributed by atoms with E-state index in [0.29, 0.717) is 49.4 Å². The molecule has 0 spiro atoms. The molecule has 0 aliphatic heterocycles. The lowest BCUT2D eigenvalue weighted by atomic mass is 9.91. The summed E-state index contributed by atoms with van der Waals surface area (Å²) < 4.78 is 0. The number of hydrogen-bond donors (Lipinski definition) is 4. The molecule has 8 nitrogen and oxygen atoms in total. The van der Waals surface area contributed by atoms with Crippen molar-refractivity contribution in [3.05, 3.63) is 0 Å². The van der Waals surface area contributed by atoms with Gasteiger partial charge in [0, 0.05) is 25.7 Å². The molecule has 0 radical (unpaired) electrons. The van der Waals surface area contributed by atoms with Gasteiger partial charge in [-0.25, -0.2) is 0 Å². The highest BCUT2D eigenvalue weighted by Gasteiger charge is 2.23. The molecule has 8 heteroatoms. The van der Waals surface area contributed by atoms with Crippen LogP contribution in [0.5, 0.6) is 0 Å². The van der Waals surface area contributed by atoms with Crippen molar-refractivity contribution in [3.8, 4) is 0 Å². The number of oxime groups is 2. The molecule has 0 heterocycles. The van der Waals surface area contributed by atoms with Crippen LogP contribution in [0.4, 0.5) is 0 Å². The van der Waals surface area contributed by atoms with Gasteiger partial charge in [0.25, 0.3) is 0 Å². The van der Waals surface area contributed by atoms with Crippen LogP contribution >= 0.6 is 0 Å². The Kier molecular flexibility index (Phi) is 15.9. The Hall–Kier alpha value is -1.80. The van der Waals surface area contributed by atoms with E-state index in [4.69, 9.17) is 10.4 Å². The fourth-order valence-corrected chi connectivity index (χ4v) is 3.72. The van der Waals surface area contributed by atoms with Crippen LogP contribution in [0.3, 0.4) is 0 Å². The molecule has 0 rings (SSSR count). The van der Waals surface area contributed by atoms with Gasteiger partial charge in [-0.3, -0.25) is 9.59 Å². The van der Waals surface area contributed by atoms with Crippen molar-refractivity contribution >= 4 is 23.0 Å². The summed E-state index contributed by atoms with van der Waals surface area (Å²) in [6.07, 6.45) is 7.37. The van der Waals surface area contributed by atoms with E-state index in [2.05, 4.69) is 20.9 Å². The lowest BCUT2D eigenvalue weighted by Gasteiger charge is -2.28. The van der Waals surface area contributed by atoms with Gasteiger partial charge in [0.15, 0.2) is 0 Å². The number of hydrogen-bond acceptors (Lipinski definition) is 8. The molecule has 0 aromatic rings. The van der Waals surface area contributed by atoms with Gasteiger partial charge >= 0.3 is 0 Å². The second-order valence-corrected chi connectivity index (χ2v) is 10.5. The van der Waals surface area contributed by atoms with Crippen LogP contribution in [-0.4, -0.2) is 57.6 Å². The predicted molar refractivity (Wildman–Crippen MR) is 139 cm³/mol. The first-order valence-corrected chi connectivity index (χ1v) is 12.8. The van der Waals surface area contributed by atoms with Gasteiger partial charge in [-0.15, -0.1) is 0 Å². The second-order valence-electron chi connectivity index (χ2n) is 10.5. The lowest BCUT2D eigenvalue weighted by molar-refractivity contribution is -0.120. The SMILES string of the molecule is CCCC(=O)CCCC(=O)CCCC(CCNC(C)(C)/C(C)=N/O)CCNC(C)(C)/C(C)=N/O. The topological polar surface area (TPSA) is 123 Å². The maximum atomic E-state index is 12.3. The normalized spacial score (nSPS) is 13.5. The van der Waals surface area contributed by atoms with E-state index in [9.17, 15) is 9.59 Å². The van der Waals surface area contributed by atoms with Crippen LogP contribution in [0, 0.1) is 5.92 Å². The molecule has 0 saturated carbocycles. The minimum absolute atomic E-state index is 0.242. The molecule has 0 saturated heterocycles. The summed E-state index contributed by atoms with van der Waals surface area (Å²) in [6.45, 7) is 15.1. The average Bonchev–Trinajstić information content (AvgIpc) is 2.77. The Balaban J connectivity index is 4.69. The molecule has 0 fully saturated rings. The zero-order chi connectivity index (χ0) is 26.2. The molecule has 4 N–H and O–H groups in total. The van der Waals surface area contributed by atoms with E-state index in [-0.39, 0.29) is 22.6 Å². The van der Waals surface area contributed by atoms with Crippen molar-refractivity contribution in [1.82, 2.24) is 10.6 Å². The number of carbonyl (C=O) groups is 2. The Morgan fingerprint density at radius 3 is 1.56 bits per heavy atom. The summed E-state index contributed by atoms with van der Waals surface area (Å²) in [6, 6.07) is 0. The molecule has 0 unspecified atom stereocenters. The zero-order valence-corrected chi connectivity index (χ0v) is 22.7. The molecule has 0 aliphatic carbocycles. The van der Waals surface area contributed by atoms with E-state index in [0.717, 1.165) is 45.2 Å². The molecule has 0 aliphatic rings. The van der Waals surface area contributed by atoms with E-state index >= 15 is 0 Å². The van der Waals surface area contributed by atoms with Gasteiger partial charge < -0.3 is 21.0 Å². The summed E-state index contributed by atoms with van der Waals surface area (Å²) in [4.78, 5) is 23.9. The monoisotopic (exact) mass is 482 g/mol. The van der Waals surface area contributed by atoms with Gasteiger partial charge in [0.2, 0.25) is 0 Å². The predicted octanol–water partition coefficient (Wildman–Crippen LogP) is 5.10. The average molecular weight is 483 g/mol. The first-order chi connectivity index (χ1) is 15.9. The van der Waals surface area contributed by atoms with Crippen LogP contribution in [0.1, 0.15) is 113 Å². The zero-order valence-electron chi connectivity index (χ0n) is 22.7. The van der Waals surface area contributed by atoms with E-state index in [1.807, 2.05) is 34.6 Å². The van der Waals surface area contributed by atoms with Crippen LogP contribution in [-0.2, 0) is 9.59 Å². The highest BCUT2D eigenvalue weighted by molar-refractivity contribution is 5.90. The summed E-state index contributed by atoms with van der Waals surface area (Å²) in [5, 5.41) is 31.7. The fraction of sp³-hybridized carbons (Fsp3) is 0.846. The van der Waals surface area contributed by atoms with E-state index < -0.39 is 0 Å². The quantitative estimate of drug-likeness (QED) is 0.109. The minimum atomic E-state index is -0.389. The summed E-state index contributed by atoms with van der Waals surface area (Å²) >= 11 is 0. The highest BCUT2D eigenvalue weighted by atomic mass is 16.4. The van der Waals surface area contributed by atoms with Crippen LogP contribution in [0.15, 0.2) is 10.3 Å². The Bertz CT molecular complexity index is 636. The van der Waals surface area contributed by atoms with Crippen molar-refractivity contribution < 1.29 is 20.0 Å². The van der Waals surface area contributed by atoms with E-state index in [1.54, 1.807) is 13.8 Å². The molecular weight excluding hydrogens is 432 g/mol. The minimum Gasteiger partial charge on any atom is -0.411 e. The van der Waals surface area contributed by atoms with Gasteiger partial charge in [-0.2, -0.15) is 0 Å². The van der Waals surface area contributed by atoms with Gasteiger partial charge in [0.05, 0.1) is 22.5 Å². The molecular formula is C26H50N4O4. The summed E-state index contributed by atoms with van der Waals surface area (Å²) in [7, 11) is 0. The third-order valence-corrected chi connectivity index (χ3v) is 6.86. The fourth-order valence-electron chi connectivity index (χ4n) is 3.72. The number of nitrogens with zero attached hydrogens (tertiary/aromatic N) is 2. The summed E-state index contributed by atoms with van der Waals surface area (Å²) in [5.41, 5.74) is 0.488. The van der Waals surface area contributed by atoms with Gasteiger partial charge in [-0.05, 0) is 99.1 Å². The van der Waals surface area contributed by atoms with Crippen molar-refractivity contribution in [2.24, 2.45) is 16.2 Å². The maximum absolute atomic E-state index is 12.3. The Morgan fingerprint density at radius 1 is 0.735 bits per heavy atom. The standard InChI is InChI=1S/C26H50N4O4/c1-8-11-23(31)14-10-15-24(32)13-9-12-22(16-18-27-25(4,5)20(2)29-33)17-19-28-26(6,7)21(3)30-34/h22,27-28,33-34H,8-19H2,1-7H3/b29-20+,30-21+. The number of nitrogens with one attached hydrogen (secondary N) is 2. The Labute approximate surface area is 207 Å². The molecule has 0 amide bonds. The van der Waals surface area contributed by atoms with Crippen molar-refractivity contribution in [2.45, 2.75) is 124 Å². The second kappa shape index (κ2) is 16.8. The molecule has 0 bridgehead atoms. The highest BCUT2D eigenvalue weighted by Crippen LogP contribution is 2.19. The van der Waals surface area contributed by atoms with Crippen LogP contribution in [0.25, 0.3) is 0 Å². The van der Waals surface area contributed by atoms with Crippen LogP contribution < -0.4 is 10.6 Å². The molecule has 0 aromatic carbocycles. The smallest absolute Gasteiger partial charge is 0.132 e. The third kappa shape index (κ3) is 13.8. The van der Waals surface area contributed by atoms with Crippen molar-refractivity contribution in [3.63, 3.8) is 0 Å². The number of rotatable bonds is 20. The van der Waals surface area contributed by atoms with Gasteiger partial charge in [-0.1, -0.05) is 17.2 Å². The number of ketones is 2. The van der Waals surface area contributed by atoms with E-state index in [1.165, 1.54) is 0 Å². The van der Waals surface area contributed by atoms with Crippen molar-refractivity contribution in [1.29, 1.82) is 0 Å². The molecule has 34 heavy (non-hydrogen) atoms. The summed E-state index contributed by atoms with van der Waals surface area (Å²) in [5.74, 6) is 0.915. The Morgan fingerprint density at radius 2 is 1.15 bits per heavy atom. The van der Waals surface area contributed by atoms with Gasteiger partial charge in [0.1, 0.15) is 11.6 Å². The lowest BCUT2D eigenvalue weighted by Crippen LogP contribution is -2.47. The number of carbonyl (C=O) groups excluding carboxylic acids is 2. The number of Topliss-reactive ketones (excluding diaryl/α,β-unsaturated/α-hetero) is 2. The van der Waals surface area contributed by atoms with Crippen LogP contribution in [0.2, 0.25) is 0 Å². The maximum Gasteiger partial charge on any atom is 0.132 e. The molecule has 0 atom stereocenters. The largest absolute Gasteiger partial charge is 0.411 e. The first kappa shape index (κ1) is 32.2. The van der Waals surface area contributed by atoms with Crippen molar-refractivity contribution in [2.75, 3.05) is 13.1 Å².